The van der Waals surface area contributed by atoms with Gasteiger partial charge in [0.1, 0.15) is 0 Å². The van der Waals surface area contributed by atoms with Crippen LogP contribution in [0.15, 0.2) is 60.7 Å². The van der Waals surface area contributed by atoms with Crippen molar-refractivity contribution in [1.29, 1.82) is 5.26 Å². The fourth-order valence-corrected chi connectivity index (χ4v) is 5.16. The van der Waals surface area contributed by atoms with Crippen LogP contribution >= 0.6 is 22.9 Å². The lowest BCUT2D eigenvalue weighted by Crippen LogP contribution is -2.14. The summed E-state index contributed by atoms with van der Waals surface area (Å²) in [5.41, 5.74) is 4.26. The summed E-state index contributed by atoms with van der Waals surface area (Å²) in [7, 11) is 0. The minimum Gasteiger partial charge on any atom is -0.320 e. The number of rotatable bonds is 5. The molecular formula is C26H19ClN4O2S. The number of nitriles is 1. The van der Waals surface area contributed by atoms with Crippen molar-refractivity contribution >= 4 is 55.8 Å². The summed E-state index contributed by atoms with van der Waals surface area (Å²) in [6, 6.07) is 20.2. The first-order chi connectivity index (χ1) is 16.4. The number of fused-ring (bicyclic) bond motifs is 1. The summed E-state index contributed by atoms with van der Waals surface area (Å²) < 4.78 is 0.799. The van der Waals surface area contributed by atoms with Crippen molar-refractivity contribution in [2.24, 2.45) is 5.92 Å². The zero-order valence-electron chi connectivity index (χ0n) is 18.1. The number of benzene rings is 3. The maximum Gasteiger partial charge on any atom is 0.255 e. The summed E-state index contributed by atoms with van der Waals surface area (Å²) in [6.45, 7) is 1.88. The van der Waals surface area contributed by atoms with E-state index in [0.29, 0.717) is 32.5 Å². The number of nitrogens with one attached hydrogen (secondary N) is 2. The Labute approximate surface area is 205 Å². The van der Waals surface area contributed by atoms with Crippen LogP contribution in [-0.4, -0.2) is 16.8 Å². The van der Waals surface area contributed by atoms with Crippen LogP contribution in [0.1, 0.15) is 39.4 Å². The van der Waals surface area contributed by atoms with Crippen LogP contribution in [0.25, 0.3) is 10.2 Å². The smallest absolute Gasteiger partial charge is 0.255 e. The number of thiazole rings is 1. The molecule has 0 saturated heterocycles. The standard InChI is InChI=1S/C26H19ClN4O2S/c1-14-4-2-7-20(27)23(14)30-24(32)17-8-9-21-22(11-17)34-26(29-21)31-25(33)19-12-18(19)16-6-3-5-15(10-16)13-28/h2-11,18-19H,12H2,1H3,(H,30,32)(H,29,31,33). The van der Waals surface area contributed by atoms with Crippen LogP contribution in [0.5, 0.6) is 0 Å². The van der Waals surface area contributed by atoms with E-state index < -0.39 is 0 Å². The summed E-state index contributed by atoms with van der Waals surface area (Å²) in [5.74, 6) is -0.372. The minimum absolute atomic E-state index is 0.0846. The second-order valence-corrected chi connectivity index (χ2v) is 9.70. The van der Waals surface area contributed by atoms with Crippen molar-refractivity contribution < 1.29 is 9.59 Å². The van der Waals surface area contributed by atoms with Crippen LogP contribution in [-0.2, 0) is 4.79 Å². The van der Waals surface area contributed by atoms with Crippen LogP contribution < -0.4 is 10.6 Å². The third kappa shape index (κ3) is 4.38. The SMILES string of the molecule is Cc1cccc(Cl)c1NC(=O)c1ccc2nc(NC(=O)C3CC3c3cccc(C#N)c3)sc2c1. The van der Waals surface area contributed by atoms with Gasteiger partial charge in [0.15, 0.2) is 5.13 Å². The molecule has 6 nitrogen and oxygen atoms in total. The lowest BCUT2D eigenvalue weighted by molar-refractivity contribution is -0.117. The molecule has 3 aromatic carbocycles. The van der Waals surface area contributed by atoms with Crippen molar-refractivity contribution in [2.75, 3.05) is 10.6 Å². The number of aryl methyl sites for hydroxylation is 1. The maximum atomic E-state index is 12.8. The Balaban J connectivity index is 1.28. The van der Waals surface area contributed by atoms with E-state index >= 15 is 0 Å². The predicted molar refractivity (Wildman–Crippen MR) is 134 cm³/mol. The molecule has 2 unspecified atom stereocenters. The van der Waals surface area contributed by atoms with E-state index in [4.69, 9.17) is 16.9 Å². The van der Waals surface area contributed by atoms with Gasteiger partial charge in [-0.2, -0.15) is 5.26 Å². The fourth-order valence-electron chi connectivity index (χ4n) is 3.99. The van der Waals surface area contributed by atoms with Gasteiger partial charge in [-0.15, -0.1) is 0 Å². The number of amides is 2. The second-order valence-electron chi connectivity index (χ2n) is 8.26. The molecule has 1 aromatic heterocycles. The highest BCUT2D eigenvalue weighted by Gasteiger charge is 2.44. The average Bonchev–Trinajstić information content (AvgIpc) is 3.54. The Kier molecular flexibility index (Phi) is 5.78. The van der Waals surface area contributed by atoms with Crippen molar-refractivity contribution in [3.05, 3.63) is 87.9 Å². The number of hydrogen-bond donors (Lipinski definition) is 2. The van der Waals surface area contributed by atoms with Gasteiger partial charge in [-0.1, -0.05) is 47.2 Å². The molecule has 1 aliphatic carbocycles. The third-order valence-electron chi connectivity index (χ3n) is 5.91. The van der Waals surface area contributed by atoms with Gasteiger partial charge in [0.05, 0.1) is 32.6 Å². The van der Waals surface area contributed by atoms with Gasteiger partial charge in [0, 0.05) is 11.5 Å². The first kappa shape index (κ1) is 22.1. The van der Waals surface area contributed by atoms with Crippen molar-refractivity contribution in [3.63, 3.8) is 0 Å². The highest BCUT2D eigenvalue weighted by molar-refractivity contribution is 7.22. The molecule has 2 amide bonds. The number of hydrogen-bond acceptors (Lipinski definition) is 5. The Morgan fingerprint density at radius 2 is 1.94 bits per heavy atom. The summed E-state index contributed by atoms with van der Waals surface area (Å²) in [6.07, 6.45) is 0.747. The monoisotopic (exact) mass is 486 g/mol. The lowest BCUT2D eigenvalue weighted by atomic mass is 10.1. The molecule has 1 saturated carbocycles. The van der Waals surface area contributed by atoms with Gasteiger partial charge < -0.3 is 10.6 Å². The Morgan fingerprint density at radius 1 is 1.12 bits per heavy atom. The third-order valence-corrected chi connectivity index (χ3v) is 7.16. The van der Waals surface area contributed by atoms with E-state index in [-0.39, 0.29) is 23.7 Å². The second kappa shape index (κ2) is 8.90. The largest absolute Gasteiger partial charge is 0.320 e. The van der Waals surface area contributed by atoms with Crippen LogP contribution in [0.3, 0.4) is 0 Å². The van der Waals surface area contributed by atoms with Crippen molar-refractivity contribution in [1.82, 2.24) is 4.98 Å². The normalized spacial score (nSPS) is 16.6. The molecule has 8 heteroatoms. The van der Waals surface area contributed by atoms with Gasteiger partial charge in [-0.25, -0.2) is 4.98 Å². The van der Waals surface area contributed by atoms with Gasteiger partial charge in [-0.3, -0.25) is 9.59 Å². The zero-order chi connectivity index (χ0) is 23.8. The molecule has 1 aliphatic rings. The lowest BCUT2D eigenvalue weighted by Gasteiger charge is -2.10. The summed E-state index contributed by atoms with van der Waals surface area (Å²) in [5, 5.41) is 15.8. The van der Waals surface area contributed by atoms with Gasteiger partial charge in [0.25, 0.3) is 5.91 Å². The molecule has 1 heterocycles. The van der Waals surface area contributed by atoms with E-state index in [1.807, 2.05) is 37.3 Å². The molecular weight excluding hydrogens is 468 g/mol. The Hall–Kier alpha value is -3.73. The molecule has 2 N–H and O–H groups in total. The fraction of sp³-hybridized carbons (Fsp3) is 0.154. The number of aromatic nitrogens is 1. The quantitative estimate of drug-likeness (QED) is 0.355. The van der Waals surface area contributed by atoms with E-state index in [1.54, 1.807) is 30.3 Å². The minimum atomic E-state index is -0.266. The number of anilines is 2. The van der Waals surface area contributed by atoms with Gasteiger partial charge in [-0.05, 0) is 66.8 Å². The van der Waals surface area contributed by atoms with Crippen molar-refractivity contribution in [2.45, 2.75) is 19.3 Å². The van der Waals surface area contributed by atoms with E-state index in [2.05, 4.69) is 21.7 Å². The van der Waals surface area contributed by atoms with Crippen molar-refractivity contribution in [3.8, 4) is 6.07 Å². The highest BCUT2D eigenvalue weighted by Crippen LogP contribution is 2.48. The van der Waals surface area contributed by atoms with E-state index in [1.165, 1.54) is 11.3 Å². The van der Waals surface area contributed by atoms with E-state index in [9.17, 15) is 9.59 Å². The number of carbonyl (C=O) groups excluding carboxylic acids is 2. The number of para-hydroxylation sites is 1. The molecule has 0 aliphatic heterocycles. The molecule has 0 bridgehead atoms. The molecule has 2 atom stereocenters. The Bertz CT molecular complexity index is 1470. The molecule has 0 spiro atoms. The molecule has 34 heavy (non-hydrogen) atoms. The first-order valence-electron chi connectivity index (χ1n) is 10.7. The van der Waals surface area contributed by atoms with E-state index in [0.717, 1.165) is 22.2 Å². The number of carbonyl (C=O) groups is 2. The summed E-state index contributed by atoms with van der Waals surface area (Å²) >= 11 is 7.55. The summed E-state index contributed by atoms with van der Waals surface area (Å²) in [4.78, 5) is 30.0. The number of halogens is 1. The maximum absolute atomic E-state index is 12.8. The molecule has 0 radical (unpaired) electrons. The molecule has 5 rings (SSSR count). The predicted octanol–water partition coefficient (Wildman–Crippen LogP) is 6.12. The van der Waals surface area contributed by atoms with Crippen LogP contribution in [0, 0.1) is 24.2 Å². The molecule has 168 valence electrons. The number of nitrogens with zero attached hydrogens (tertiary/aromatic N) is 2. The molecule has 1 fully saturated rings. The van der Waals surface area contributed by atoms with Crippen LogP contribution in [0.2, 0.25) is 5.02 Å². The van der Waals surface area contributed by atoms with Gasteiger partial charge in [0.2, 0.25) is 5.91 Å². The topological polar surface area (TPSA) is 94.9 Å². The molecule has 4 aromatic rings. The van der Waals surface area contributed by atoms with Crippen LogP contribution in [0.4, 0.5) is 10.8 Å². The highest BCUT2D eigenvalue weighted by atomic mass is 35.5. The zero-order valence-corrected chi connectivity index (χ0v) is 19.7. The first-order valence-corrected chi connectivity index (χ1v) is 11.9. The average molecular weight is 487 g/mol. The Morgan fingerprint density at radius 3 is 2.74 bits per heavy atom. The van der Waals surface area contributed by atoms with Gasteiger partial charge >= 0.3 is 0 Å².